The van der Waals surface area contributed by atoms with E-state index in [-0.39, 0.29) is 18.0 Å². The summed E-state index contributed by atoms with van der Waals surface area (Å²) in [4.78, 5) is 17.9. The number of amides is 1. The van der Waals surface area contributed by atoms with Crippen LogP contribution in [-0.4, -0.2) is 32.1 Å². The second-order valence-electron chi connectivity index (χ2n) is 10.1. The first-order chi connectivity index (χ1) is 15.5. The molecule has 3 aromatic rings. The van der Waals surface area contributed by atoms with Crippen molar-refractivity contribution in [1.82, 2.24) is 24.8 Å². The maximum Gasteiger partial charge on any atom is 0.237 e. The van der Waals surface area contributed by atoms with Crippen molar-refractivity contribution in [3.05, 3.63) is 53.7 Å². The second kappa shape index (κ2) is 8.74. The van der Waals surface area contributed by atoms with Gasteiger partial charge in [0.2, 0.25) is 5.91 Å². The lowest BCUT2D eigenvalue weighted by molar-refractivity contribution is -0.124. The molecule has 5 rings (SSSR count). The van der Waals surface area contributed by atoms with Crippen molar-refractivity contribution >= 4 is 16.8 Å². The van der Waals surface area contributed by atoms with Gasteiger partial charge in [0.1, 0.15) is 5.82 Å². The largest absolute Gasteiger partial charge is 0.352 e. The number of carbonyl (C=O) groups is 1. The van der Waals surface area contributed by atoms with Gasteiger partial charge in [-0.25, -0.2) is 4.98 Å². The molecule has 0 radical (unpaired) electrons. The molecule has 2 aliphatic rings. The molecular formula is C26H35N5O. The normalized spacial score (nSPS) is 21.4. The van der Waals surface area contributed by atoms with E-state index in [4.69, 9.17) is 0 Å². The summed E-state index contributed by atoms with van der Waals surface area (Å²) in [6.45, 7) is 5.24. The molecule has 2 atom stereocenters. The van der Waals surface area contributed by atoms with Crippen molar-refractivity contribution in [3.8, 4) is 0 Å². The highest BCUT2D eigenvalue weighted by molar-refractivity contribution is 5.90. The van der Waals surface area contributed by atoms with E-state index in [1.165, 1.54) is 34.9 Å². The topological polar surface area (TPSA) is 63.9 Å². The van der Waals surface area contributed by atoms with Crippen LogP contribution in [0.1, 0.15) is 68.9 Å². The molecule has 2 aromatic heterocycles. The Morgan fingerprint density at radius 1 is 1.28 bits per heavy atom. The molecule has 2 N–H and O–H groups in total. The van der Waals surface area contributed by atoms with Gasteiger partial charge in [-0.1, -0.05) is 38.8 Å². The van der Waals surface area contributed by atoms with Crippen molar-refractivity contribution in [2.75, 3.05) is 0 Å². The number of hydrogen-bond acceptors (Lipinski definition) is 3. The van der Waals surface area contributed by atoms with Crippen LogP contribution in [0.3, 0.4) is 0 Å². The summed E-state index contributed by atoms with van der Waals surface area (Å²) in [5.74, 6) is 1.73. The Morgan fingerprint density at radius 3 is 2.81 bits per heavy atom. The Hall–Kier alpha value is -2.60. The predicted octanol–water partition coefficient (Wildman–Crippen LogP) is 4.08. The van der Waals surface area contributed by atoms with Crippen LogP contribution in [0.2, 0.25) is 0 Å². The van der Waals surface area contributed by atoms with E-state index in [0.29, 0.717) is 18.4 Å². The third-order valence-corrected chi connectivity index (χ3v) is 7.18. The number of imidazole rings is 1. The molecule has 1 saturated carbocycles. The number of nitrogens with one attached hydrogen (secondary N) is 2. The molecule has 2 unspecified atom stereocenters. The third-order valence-electron chi connectivity index (χ3n) is 7.18. The lowest BCUT2D eigenvalue weighted by Gasteiger charge is -2.26. The van der Waals surface area contributed by atoms with E-state index in [0.717, 1.165) is 31.6 Å². The van der Waals surface area contributed by atoms with Gasteiger partial charge in [0.25, 0.3) is 0 Å². The van der Waals surface area contributed by atoms with Gasteiger partial charge >= 0.3 is 0 Å². The van der Waals surface area contributed by atoms with Crippen molar-refractivity contribution in [3.63, 3.8) is 0 Å². The zero-order valence-electron chi connectivity index (χ0n) is 19.5. The standard InChI is InChI=1S/C26H35N5O/c1-17(2)13-21-20-9-6-10-23-25(20)18(15-31(23)16-24-27-11-12-30(24)3)14-22(29-21)26(32)28-19-7-4-5-8-19/h6,9-12,15,17,19,21-22,29H,4-5,7-8,13-14,16H2,1-3H3,(H,28,32). The van der Waals surface area contributed by atoms with Crippen LogP contribution in [0.25, 0.3) is 10.9 Å². The highest BCUT2D eigenvalue weighted by Crippen LogP contribution is 2.36. The van der Waals surface area contributed by atoms with Gasteiger partial charge in [0.15, 0.2) is 0 Å². The lowest BCUT2D eigenvalue weighted by atomic mass is 9.94. The smallest absolute Gasteiger partial charge is 0.237 e. The van der Waals surface area contributed by atoms with Crippen LogP contribution < -0.4 is 10.6 Å². The summed E-state index contributed by atoms with van der Waals surface area (Å²) in [7, 11) is 2.04. The first-order valence-corrected chi connectivity index (χ1v) is 12.1. The second-order valence-corrected chi connectivity index (χ2v) is 10.1. The Bertz CT molecular complexity index is 1100. The van der Waals surface area contributed by atoms with Crippen molar-refractivity contribution in [2.45, 2.75) is 77.0 Å². The number of hydrogen-bond donors (Lipinski definition) is 2. The minimum absolute atomic E-state index is 0.156. The SMILES string of the molecule is CC(C)CC1NC(C(=O)NC2CCCC2)Cc2cn(Cc3nccn3C)c3cccc1c23. The zero-order valence-corrected chi connectivity index (χ0v) is 19.5. The van der Waals surface area contributed by atoms with Crippen LogP contribution in [0, 0.1) is 5.92 Å². The highest BCUT2D eigenvalue weighted by atomic mass is 16.2. The Morgan fingerprint density at radius 2 is 2.09 bits per heavy atom. The van der Waals surface area contributed by atoms with Gasteiger partial charge in [-0.15, -0.1) is 0 Å². The molecule has 170 valence electrons. The summed E-state index contributed by atoms with van der Waals surface area (Å²) in [6, 6.07) is 6.91. The predicted molar refractivity (Wildman–Crippen MR) is 127 cm³/mol. The zero-order chi connectivity index (χ0) is 22.2. The number of aryl methyl sites for hydroxylation is 1. The third kappa shape index (κ3) is 4.08. The van der Waals surface area contributed by atoms with Crippen LogP contribution >= 0.6 is 0 Å². The van der Waals surface area contributed by atoms with E-state index in [2.05, 4.69) is 63.0 Å². The summed E-state index contributed by atoms with van der Waals surface area (Å²) < 4.78 is 4.38. The van der Waals surface area contributed by atoms with Crippen molar-refractivity contribution < 1.29 is 4.79 Å². The molecule has 32 heavy (non-hydrogen) atoms. The Labute approximate surface area is 190 Å². The summed E-state index contributed by atoms with van der Waals surface area (Å²) in [5.41, 5.74) is 3.81. The van der Waals surface area contributed by atoms with Gasteiger partial charge in [0.05, 0.1) is 12.6 Å². The van der Waals surface area contributed by atoms with Crippen LogP contribution in [0.4, 0.5) is 0 Å². The lowest BCUT2D eigenvalue weighted by Crippen LogP contribution is -2.49. The van der Waals surface area contributed by atoms with Gasteiger partial charge in [0, 0.05) is 48.6 Å². The van der Waals surface area contributed by atoms with E-state index >= 15 is 0 Å². The van der Waals surface area contributed by atoms with Crippen molar-refractivity contribution in [1.29, 1.82) is 0 Å². The molecule has 1 amide bonds. The van der Waals surface area contributed by atoms with Crippen LogP contribution in [-0.2, 0) is 24.8 Å². The number of benzene rings is 1. The van der Waals surface area contributed by atoms with E-state index in [1.54, 1.807) is 0 Å². The average molecular weight is 434 g/mol. The van der Waals surface area contributed by atoms with Gasteiger partial charge in [-0.3, -0.25) is 10.1 Å². The Kier molecular flexibility index (Phi) is 5.80. The average Bonchev–Trinajstić information content (AvgIpc) is 3.46. The molecule has 1 fully saturated rings. The number of nitrogens with zero attached hydrogens (tertiary/aromatic N) is 3. The van der Waals surface area contributed by atoms with Crippen molar-refractivity contribution in [2.24, 2.45) is 13.0 Å². The fourth-order valence-electron chi connectivity index (χ4n) is 5.56. The molecule has 1 aliphatic heterocycles. The first kappa shape index (κ1) is 21.3. The van der Waals surface area contributed by atoms with Gasteiger partial charge < -0.3 is 14.5 Å². The molecule has 0 saturated heterocycles. The number of carbonyl (C=O) groups excluding carboxylic acids is 1. The van der Waals surface area contributed by atoms with Crippen LogP contribution in [0.15, 0.2) is 36.8 Å². The summed E-state index contributed by atoms with van der Waals surface area (Å²) >= 11 is 0. The van der Waals surface area contributed by atoms with E-state index in [1.807, 2.05) is 19.4 Å². The monoisotopic (exact) mass is 433 g/mol. The van der Waals surface area contributed by atoms with E-state index in [9.17, 15) is 4.79 Å². The molecule has 6 nitrogen and oxygen atoms in total. The summed E-state index contributed by atoms with van der Waals surface area (Å²) in [5, 5.41) is 8.40. The fraction of sp³-hybridized carbons (Fsp3) is 0.538. The molecule has 1 aromatic carbocycles. The molecule has 3 heterocycles. The van der Waals surface area contributed by atoms with Gasteiger partial charge in [-0.2, -0.15) is 0 Å². The maximum absolute atomic E-state index is 13.3. The molecule has 1 aliphatic carbocycles. The maximum atomic E-state index is 13.3. The van der Waals surface area contributed by atoms with Gasteiger partial charge in [-0.05, 0) is 48.8 Å². The quantitative estimate of drug-likeness (QED) is 0.616. The molecule has 0 bridgehead atoms. The number of aromatic nitrogens is 3. The fourth-order valence-corrected chi connectivity index (χ4v) is 5.56. The minimum atomic E-state index is -0.209. The molecule has 0 spiro atoms. The molecule has 6 heteroatoms. The highest BCUT2D eigenvalue weighted by Gasteiger charge is 2.32. The summed E-state index contributed by atoms with van der Waals surface area (Å²) in [6.07, 6.45) is 12.5. The minimum Gasteiger partial charge on any atom is -0.352 e. The Balaban J connectivity index is 1.52. The number of rotatable bonds is 6. The van der Waals surface area contributed by atoms with Crippen LogP contribution in [0.5, 0.6) is 0 Å². The molecular weight excluding hydrogens is 398 g/mol. The first-order valence-electron chi connectivity index (χ1n) is 12.1. The van der Waals surface area contributed by atoms with E-state index < -0.39 is 0 Å².